The molecule has 0 aromatic heterocycles. The van der Waals surface area contributed by atoms with Crippen molar-refractivity contribution < 1.29 is 20.4 Å². The van der Waals surface area contributed by atoms with Gasteiger partial charge >= 0.3 is 0 Å². The fourth-order valence-corrected chi connectivity index (χ4v) is 0.732. The van der Waals surface area contributed by atoms with Crippen LogP contribution in [0.1, 0.15) is 40.5 Å². The zero-order valence-electron chi connectivity index (χ0n) is 9.23. The van der Waals surface area contributed by atoms with Gasteiger partial charge in [-0.3, -0.25) is 6.08 Å². The molecule has 0 atom stereocenters. The van der Waals surface area contributed by atoms with Crippen molar-refractivity contribution in [2.45, 2.75) is 40.5 Å². The Morgan fingerprint density at radius 1 is 1.38 bits per heavy atom. The summed E-state index contributed by atoms with van der Waals surface area (Å²) in [6, 6.07) is 0. The van der Waals surface area contributed by atoms with Gasteiger partial charge in [0.05, 0.1) is 0 Å². The van der Waals surface area contributed by atoms with E-state index in [1.165, 1.54) is 12.0 Å². The van der Waals surface area contributed by atoms with Gasteiger partial charge in [-0.25, -0.2) is 12.2 Å². The molecule has 0 saturated carbocycles. The summed E-state index contributed by atoms with van der Waals surface area (Å²) in [6.45, 7) is 11.8. The van der Waals surface area contributed by atoms with Crippen molar-refractivity contribution in [1.29, 1.82) is 0 Å². The van der Waals surface area contributed by atoms with Crippen LogP contribution in [-0.4, -0.2) is 0 Å². The van der Waals surface area contributed by atoms with Crippen molar-refractivity contribution in [3.05, 3.63) is 36.5 Å². The minimum atomic E-state index is 0. The first-order chi connectivity index (χ1) is 5.85. The topological polar surface area (TPSA) is 0 Å². The summed E-state index contributed by atoms with van der Waals surface area (Å²) in [5, 5.41) is 0. The molecular weight excluding hydrogens is 330 g/mol. The van der Waals surface area contributed by atoms with Gasteiger partial charge in [-0.15, -0.1) is 19.1 Å². The Bertz CT molecular complexity index is 143. The van der Waals surface area contributed by atoms with Crippen LogP contribution < -0.4 is 0 Å². The molecule has 0 aromatic rings. The van der Waals surface area contributed by atoms with Crippen molar-refractivity contribution in [1.82, 2.24) is 0 Å². The molecule has 0 aromatic carbocycles. The van der Waals surface area contributed by atoms with Gasteiger partial charge in [-0.2, -0.15) is 0 Å². The molecule has 0 aliphatic rings. The van der Waals surface area contributed by atoms with Crippen molar-refractivity contribution in [3.63, 3.8) is 0 Å². The summed E-state index contributed by atoms with van der Waals surface area (Å²) in [4.78, 5) is 0. The third-order valence-corrected chi connectivity index (χ3v) is 1.26. The smallest absolute Gasteiger partial charge is 0 e. The largest absolute Gasteiger partial charge is 0.279 e. The van der Waals surface area contributed by atoms with E-state index in [1.807, 2.05) is 32.9 Å². The Morgan fingerprint density at radius 3 is 2.23 bits per heavy atom. The summed E-state index contributed by atoms with van der Waals surface area (Å²) in [5.41, 5.74) is 1.29. The van der Waals surface area contributed by atoms with Crippen molar-refractivity contribution in [3.8, 4) is 0 Å². The van der Waals surface area contributed by atoms with Crippen LogP contribution in [-0.2, 0) is 20.4 Å². The van der Waals surface area contributed by atoms with E-state index in [9.17, 15) is 0 Å². The Morgan fingerprint density at radius 2 is 1.92 bits per heavy atom. The first kappa shape index (κ1) is 18.6. The second-order valence-corrected chi connectivity index (χ2v) is 2.15. The van der Waals surface area contributed by atoms with Crippen LogP contribution in [0.15, 0.2) is 30.4 Å². The Hall–Kier alpha value is -0.118. The van der Waals surface area contributed by atoms with Gasteiger partial charge in [0.2, 0.25) is 0 Å². The molecule has 0 N–H and O–H groups in total. The molecule has 0 rings (SSSR count). The molecule has 0 fully saturated rings. The third kappa shape index (κ3) is 14.7. The first-order valence-electron chi connectivity index (χ1n) is 4.67. The molecule has 0 unspecified atom stereocenters. The molecule has 0 nitrogen and oxygen atoms in total. The molecule has 0 saturated heterocycles. The molecule has 13 heavy (non-hydrogen) atoms. The third-order valence-electron chi connectivity index (χ3n) is 1.26. The maximum absolute atomic E-state index is 3.72. The number of hydrogen-bond donors (Lipinski definition) is 0. The molecule has 77 valence electrons. The summed E-state index contributed by atoms with van der Waals surface area (Å²) in [7, 11) is 0. The number of hydrogen-bond acceptors (Lipinski definition) is 0. The number of allylic oxidation sites excluding steroid dienone is 5. The van der Waals surface area contributed by atoms with Crippen molar-refractivity contribution >= 4 is 0 Å². The summed E-state index contributed by atoms with van der Waals surface area (Å²) >= 11 is 0. The van der Waals surface area contributed by atoms with Gasteiger partial charge in [0.25, 0.3) is 0 Å². The van der Waals surface area contributed by atoms with E-state index in [2.05, 4.69) is 25.7 Å². The standard InChI is InChI=1S/C10H15.C2H6.Re/c1-4-7-9-10(6-3)8-5-2;1-2;/h6-7,9H,3,5,8H2,1-2H3;1-2H3;/q-1;;/b10-9+;;. The first-order valence-corrected chi connectivity index (χ1v) is 4.67. The minimum absolute atomic E-state index is 0. The molecule has 0 spiro atoms. The number of rotatable bonds is 4. The molecule has 0 amide bonds. The normalized spacial score (nSPS) is 10.0. The molecule has 0 heterocycles. The minimum Gasteiger partial charge on any atom is -0.279 e. The van der Waals surface area contributed by atoms with Gasteiger partial charge in [0.1, 0.15) is 0 Å². The van der Waals surface area contributed by atoms with E-state index < -0.39 is 0 Å². The molecule has 1 radical (unpaired) electrons. The molecule has 1 heteroatoms. The SMILES string of the molecule is C=C/C(=C\C=[C-]C)CCC.CC.[Re]. The Balaban J connectivity index is -0.000000309. The van der Waals surface area contributed by atoms with E-state index in [0.29, 0.717) is 0 Å². The predicted octanol–water partition coefficient (Wildman–Crippen LogP) is 4.30. The average molecular weight is 352 g/mol. The second kappa shape index (κ2) is 17.8. The summed E-state index contributed by atoms with van der Waals surface area (Å²) in [5.74, 6) is 0. The van der Waals surface area contributed by atoms with Crippen LogP contribution in [0.2, 0.25) is 0 Å². The average Bonchev–Trinajstić information content (AvgIpc) is 2.15. The zero-order valence-corrected chi connectivity index (χ0v) is 11.9. The molecular formula is C12H21Re-. The second-order valence-electron chi connectivity index (χ2n) is 2.15. The zero-order chi connectivity index (χ0) is 9.82. The van der Waals surface area contributed by atoms with E-state index >= 15 is 0 Å². The van der Waals surface area contributed by atoms with Crippen LogP contribution in [0.25, 0.3) is 0 Å². The van der Waals surface area contributed by atoms with Crippen molar-refractivity contribution in [2.75, 3.05) is 0 Å². The summed E-state index contributed by atoms with van der Waals surface area (Å²) < 4.78 is 0. The fourth-order valence-electron chi connectivity index (χ4n) is 0.732. The van der Waals surface area contributed by atoms with Crippen LogP contribution in [0, 0.1) is 6.08 Å². The van der Waals surface area contributed by atoms with Gasteiger partial charge in [0.15, 0.2) is 0 Å². The maximum Gasteiger partial charge on any atom is 0 e. The fraction of sp³-hybridized carbons (Fsp3) is 0.500. The predicted molar refractivity (Wildman–Crippen MR) is 58.0 cm³/mol. The van der Waals surface area contributed by atoms with Crippen LogP contribution >= 0.6 is 0 Å². The van der Waals surface area contributed by atoms with E-state index in [4.69, 9.17) is 0 Å². The van der Waals surface area contributed by atoms with Crippen molar-refractivity contribution in [2.24, 2.45) is 0 Å². The maximum atomic E-state index is 3.72. The monoisotopic (exact) mass is 352 g/mol. The molecule has 0 bridgehead atoms. The van der Waals surface area contributed by atoms with Gasteiger partial charge in [-0.1, -0.05) is 33.3 Å². The molecule has 0 aliphatic carbocycles. The van der Waals surface area contributed by atoms with Crippen LogP contribution in [0.3, 0.4) is 0 Å². The van der Waals surface area contributed by atoms with Crippen LogP contribution in [0.4, 0.5) is 0 Å². The van der Waals surface area contributed by atoms with Gasteiger partial charge < -0.3 is 0 Å². The quantitative estimate of drug-likeness (QED) is 0.523. The van der Waals surface area contributed by atoms with Gasteiger partial charge in [-0.05, 0) is 6.42 Å². The summed E-state index contributed by atoms with van der Waals surface area (Å²) in [6.07, 6.45) is 11.1. The van der Waals surface area contributed by atoms with E-state index in [-0.39, 0.29) is 20.4 Å². The Kier molecular flexibility index (Phi) is 25.6. The van der Waals surface area contributed by atoms with Crippen LogP contribution in [0.5, 0.6) is 0 Å². The molecule has 0 aliphatic heterocycles. The Labute approximate surface area is 97.5 Å². The van der Waals surface area contributed by atoms with E-state index in [1.54, 1.807) is 0 Å². The van der Waals surface area contributed by atoms with E-state index in [0.717, 1.165) is 6.42 Å². The van der Waals surface area contributed by atoms with Gasteiger partial charge in [0, 0.05) is 20.4 Å².